The second kappa shape index (κ2) is 7.66. The van der Waals surface area contributed by atoms with Crippen molar-refractivity contribution in [3.63, 3.8) is 0 Å². The molecule has 2 aliphatic heterocycles. The molecule has 1 aromatic carbocycles. The van der Waals surface area contributed by atoms with Crippen LogP contribution in [0.4, 0.5) is 4.79 Å². The Morgan fingerprint density at radius 2 is 1.79 bits per heavy atom. The second-order valence-electron chi connectivity index (χ2n) is 6.64. The molecule has 3 N–H and O–H groups in total. The van der Waals surface area contributed by atoms with Crippen molar-refractivity contribution in [3.05, 3.63) is 35.4 Å². The van der Waals surface area contributed by atoms with E-state index in [1.807, 2.05) is 21.9 Å². The summed E-state index contributed by atoms with van der Waals surface area (Å²) in [4.78, 5) is 28.1. The number of amides is 3. The van der Waals surface area contributed by atoms with Crippen molar-refractivity contribution in [2.75, 3.05) is 26.2 Å². The lowest BCUT2D eigenvalue weighted by Gasteiger charge is -2.31. The van der Waals surface area contributed by atoms with Crippen LogP contribution in [0.2, 0.25) is 0 Å². The lowest BCUT2D eigenvalue weighted by molar-refractivity contribution is -0.132. The number of nitrogens with two attached hydrogens (primary N) is 1. The van der Waals surface area contributed by atoms with Crippen molar-refractivity contribution in [2.45, 2.75) is 38.3 Å². The van der Waals surface area contributed by atoms with Gasteiger partial charge in [0, 0.05) is 45.2 Å². The van der Waals surface area contributed by atoms with E-state index in [-0.39, 0.29) is 18.0 Å². The molecule has 2 heterocycles. The fourth-order valence-corrected chi connectivity index (χ4v) is 3.36. The molecule has 0 atom stereocenters. The summed E-state index contributed by atoms with van der Waals surface area (Å²) in [6, 6.07) is 8.36. The summed E-state index contributed by atoms with van der Waals surface area (Å²) in [5.41, 5.74) is 8.38. The van der Waals surface area contributed by atoms with Crippen LogP contribution in [-0.2, 0) is 17.8 Å². The molecule has 130 valence electrons. The largest absolute Gasteiger partial charge is 0.343 e. The molecule has 2 aliphatic rings. The van der Waals surface area contributed by atoms with Crippen molar-refractivity contribution >= 4 is 11.9 Å². The number of hydrogen-bond donors (Lipinski definition) is 2. The molecule has 6 heteroatoms. The normalized spacial score (nSPS) is 18.2. The van der Waals surface area contributed by atoms with E-state index in [1.165, 1.54) is 11.1 Å². The van der Waals surface area contributed by atoms with Gasteiger partial charge in [-0.2, -0.15) is 0 Å². The maximum Gasteiger partial charge on any atom is 0.317 e. The summed E-state index contributed by atoms with van der Waals surface area (Å²) >= 11 is 0. The van der Waals surface area contributed by atoms with E-state index < -0.39 is 0 Å². The SMILES string of the molecule is NC1CCN(C(=O)CCNC(=O)N2CCc3ccccc3C2)CC1. The Hall–Kier alpha value is -2.08. The molecule has 1 aromatic rings. The molecule has 0 aromatic heterocycles. The summed E-state index contributed by atoms with van der Waals surface area (Å²) in [6.07, 6.45) is 2.97. The highest BCUT2D eigenvalue weighted by Crippen LogP contribution is 2.18. The average molecular weight is 330 g/mol. The summed E-state index contributed by atoms with van der Waals surface area (Å²) < 4.78 is 0. The number of nitrogens with zero attached hydrogens (tertiary/aromatic N) is 2. The first-order chi connectivity index (χ1) is 11.6. The minimum atomic E-state index is -0.0852. The number of piperidine rings is 1. The van der Waals surface area contributed by atoms with E-state index in [0.29, 0.717) is 19.5 Å². The highest BCUT2D eigenvalue weighted by atomic mass is 16.2. The van der Waals surface area contributed by atoms with Gasteiger partial charge in [-0.1, -0.05) is 24.3 Å². The molecule has 0 radical (unpaired) electrons. The third kappa shape index (κ3) is 4.06. The van der Waals surface area contributed by atoms with Crippen molar-refractivity contribution < 1.29 is 9.59 Å². The fourth-order valence-electron chi connectivity index (χ4n) is 3.36. The van der Waals surface area contributed by atoms with Gasteiger partial charge < -0.3 is 20.9 Å². The molecule has 1 fully saturated rings. The van der Waals surface area contributed by atoms with Crippen molar-refractivity contribution in [1.29, 1.82) is 0 Å². The van der Waals surface area contributed by atoms with Gasteiger partial charge >= 0.3 is 6.03 Å². The molecule has 3 rings (SSSR count). The van der Waals surface area contributed by atoms with Crippen molar-refractivity contribution in [1.82, 2.24) is 15.1 Å². The maximum absolute atomic E-state index is 12.3. The summed E-state index contributed by atoms with van der Waals surface area (Å²) in [5, 5.41) is 2.88. The molecule has 24 heavy (non-hydrogen) atoms. The molecular weight excluding hydrogens is 304 g/mol. The minimum Gasteiger partial charge on any atom is -0.343 e. The van der Waals surface area contributed by atoms with E-state index in [0.717, 1.165) is 38.9 Å². The van der Waals surface area contributed by atoms with Gasteiger partial charge in [0.25, 0.3) is 0 Å². The van der Waals surface area contributed by atoms with Crippen LogP contribution in [0.25, 0.3) is 0 Å². The Kier molecular flexibility index (Phi) is 5.35. The molecule has 3 amide bonds. The number of nitrogens with one attached hydrogen (secondary N) is 1. The van der Waals surface area contributed by atoms with Crippen LogP contribution in [0.15, 0.2) is 24.3 Å². The zero-order valence-electron chi connectivity index (χ0n) is 14.0. The lowest BCUT2D eigenvalue weighted by Crippen LogP contribution is -2.45. The third-order valence-corrected chi connectivity index (χ3v) is 4.93. The first-order valence-corrected chi connectivity index (χ1v) is 8.76. The van der Waals surface area contributed by atoms with E-state index in [9.17, 15) is 9.59 Å². The number of urea groups is 1. The third-order valence-electron chi connectivity index (χ3n) is 4.93. The van der Waals surface area contributed by atoms with E-state index in [1.54, 1.807) is 0 Å². The van der Waals surface area contributed by atoms with Crippen LogP contribution in [0, 0.1) is 0 Å². The van der Waals surface area contributed by atoms with Gasteiger partial charge in [-0.3, -0.25) is 4.79 Å². The Morgan fingerprint density at radius 1 is 1.08 bits per heavy atom. The summed E-state index contributed by atoms with van der Waals surface area (Å²) in [6.45, 7) is 3.22. The van der Waals surface area contributed by atoms with Crippen LogP contribution in [0.1, 0.15) is 30.4 Å². The predicted molar refractivity (Wildman–Crippen MR) is 92.4 cm³/mol. The summed E-state index contributed by atoms with van der Waals surface area (Å²) in [7, 11) is 0. The maximum atomic E-state index is 12.3. The van der Waals surface area contributed by atoms with Crippen molar-refractivity contribution in [3.8, 4) is 0 Å². The minimum absolute atomic E-state index is 0.0852. The molecule has 6 nitrogen and oxygen atoms in total. The Morgan fingerprint density at radius 3 is 2.54 bits per heavy atom. The van der Waals surface area contributed by atoms with Crippen LogP contribution in [0.3, 0.4) is 0 Å². The van der Waals surface area contributed by atoms with Gasteiger partial charge in [0.15, 0.2) is 0 Å². The molecule has 1 saturated heterocycles. The molecular formula is C18H26N4O2. The smallest absolute Gasteiger partial charge is 0.317 e. The Balaban J connectivity index is 1.41. The highest BCUT2D eigenvalue weighted by Gasteiger charge is 2.22. The Labute approximate surface area is 143 Å². The van der Waals surface area contributed by atoms with Gasteiger partial charge in [-0.15, -0.1) is 0 Å². The quantitative estimate of drug-likeness (QED) is 0.871. The monoisotopic (exact) mass is 330 g/mol. The zero-order chi connectivity index (χ0) is 16.9. The molecule has 0 spiro atoms. The number of fused-ring (bicyclic) bond motifs is 1. The highest BCUT2D eigenvalue weighted by molar-refractivity contribution is 5.78. The number of carbonyl (C=O) groups excluding carboxylic acids is 2. The average Bonchev–Trinajstić information content (AvgIpc) is 2.61. The molecule has 0 bridgehead atoms. The van der Waals surface area contributed by atoms with Gasteiger partial charge in [-0.05, 0) is 30.4 Å². The van der Waals surface area contributed by atoms with Crippen LogP contribution < -0.4 is 11.1 Å². The van der Waals surface area contributed by atoms with Crippen LogP contribution in [-0.4, -0.2) is 54.0 Å². The fraction of sp³-hybridized carbons (Fsp3) is 0.556. The number of benzene rings is 1. The first-order valence-electron chi connectivity index (χ1n) is 8.76. The standard InChI is InChI=1S/C18H26N4O2/c19-16-7-11-21(12-8-16)17(23)5-9-20-18(24)22-10-6-14-3-1-2-4-15(14)13-22/h1-4,16H,5-13,19H2,(H,20,24). The predicted octanol–water partition coefficient (Wildman–Crippen LogP) is 1.09. The number of likely N-dealkylation sites (tertiary alicyclic amines) is 1. The molecule has 0 aliphatic carbocycles. The van der Waals surface area contributed by atoms with E-state index in [2.05, 4.69) is 17.4 Å². The van der Waals surface area contributed by atoms with Gasteiger partial charge in [-0.25, -0.2) is 4.79 Å². The topological polar surface area (TPSA) is 78.7 Å². The summed E-state index contributed by atoms with van der Waals surface area (Å²) in [5.74, 6) is 0.103. The van der Waals surface area contributed by atoms with Gasteiger partial charge in [0.2, 0.25) is 5.91 Å². The van der Waals surface area contributed by atoms with Gasteiger partial charge in [0.05, 0.1) is 0 Å². The number of carbonyl (C=O) groups is 2. The number of hydrogen-bond acceptors (Lipinski definition) is 3. The molecule has 0 saturated carbocycles. The van der Waals surface area contributed by atoms with E-state index in [4.69, 9.17) is 5.73 Å². The van der Waals surface area contributed by atoms with Gasteiger partial charge in [0.1, 0.15) is 0 Å². The van der Waals surface area contributed by atoms with Crippen LogP contribution in [0.5, 0.6) is 0 Å². The second-order valence-corrected chi connectivity index (χ2v) is 6.64. The van der Waals surface area contributed by atoms with Crippen LogP contribution >= 0.6 is 0 Å². The molecule has 0 unspecified atom stereocenters. The lowest BCUT2D eigenvalue weighted by atomic mass is 10.0. The Bertz CT molecular complexity index is 596. The van der Waals surface area contributed by atoms with Crippen molar-refractivity contribution in [2.24, 2.45) is 5.73 Å². The first kappa shape index (κ1) is 16.8. The zero-order valence-corrected chi connectivity index (χ0v) is 14.0. The van der Waals surface area contributed by atoms with E-state index >= 15 is 0 Å². The number of rotatable bonds is 3.